The first-order valence-corrected chi connectivity index (χ1v) is 7.43. The average molecular weight is 314 g/mol. The van der Waals surface area contributed by atoms with Gasteiger partial charge in [-0.3, -0.25) is 4.68 Å². The second kappa shape index (κ2) is 6.33. The molecule has 0 amide bonds. The monoisotopic (exact) mass is 314 g/mol. The van der Waals surface area contributed by atoms with Gasteiger partial charge in [0.05, 0.1) is 23.5 Å². The maximum Gasteiger partial charge on any atom is 0.229 e. The molecule has 0 aromatic carbocycles. The summed E-state index contributed by atoms with van der Waals surface area (Å²) in [5, 5.41) is 16.1. The van der Waals surface area contributed by atoms with Crippen LogP contribution in [0.1, 0.15) is 13.8 Å². The third-order valence-electron chi connectivity index (χ3n) is 3.93. The van der Waals surface area contributed by atoms with E-state index in [1.165, 1.54) is 6.42 Å². The molecular formula is C15H22N8. The summed E-state index contributed by atoms with van der Waals surface area (Å²) in [5.74, 6) is 1.18. The van der Waals surface area contributed by atoms with E-state index in [-0.39, 0.29) is 7.43 Å². The van der Waals surface area contributed by atoms with E-state index >= 15 is 0 Å². The highest BCUT2D eigenvalue weighted by Crippen LogP contribution is 2.18. The summed E-state index contributed by atoms with van der Waals surface area (Å²) in [6, 6.07) is 0. The van der Waals surface area contributed by atoms with E-state index < -0.39 is 0 Å². The van der Waals surface area contributed by atoms with Gasteiger partial charge in [-0.1, -0.05) is 7.43 Å². The van der Waals surface area contributed by atoms with Crippen molar-refractivity contribution in [2.24, 2.45) is 13.0 Å². The summed E-state index contributed by atoms with van der Waals surface area (Å²) < 4.78 is 3.71. The standard InChI is InChI=1S/C14H18N8.CH4/c1-21-9-12(7-17-21)19-14-16-5-11-6-18-22(13(11)20-14)8-10-2-3-15-4-10;/h5-7,9-10,15H,2-4,8H2,1H3,(H,16,19,20);1H4. The van der Waals surface area contributed by atoms with Gasteiger partial charge >= 0.3 is 0 Å². The van der Waals surface area contributed by atoms with Gasteiger partial charge in [0.25, 0.3) is 0 Å². The molecule has 1 saturated heterocycles. The largest absolute Gasteiger partial charge is 0.321 e. The first kappa shape index (κ1) is 15.4. The molecule has 4 rings (SSSR count). The molecular weight excluding hydrogens is 292 g/mol. The summed E-state index contributed by atoms with van der Waals surface area (Å²) in [7, 11) is 1.87. The van der Waals surface area contributed by atoms with Crippen LogP contribution in [0.5, 0.6) is 0 Å². The number of hydrogen-bond donors (Lipinski definition) is 2. The Bertz CT molecular complexity index is 784. The lowest BCUT2D eigenvalue weighted by Crippen LogP contribution is -2.15. The number of aromatic nitrogens is 6. The third-order valence-corrected chi connectivity index (χ3v) is 3.93. The van der Waals surface area contributed by atoms with Gasteiger partial charge in [-0.25, -0.2) is 9.67 Å². The molecule has 0 saturated carbocycles. The van der Waals surface area contributed by atoms with Crippen molar-refractivity contribution in [1.82, 2.24) is 34.8 Å². The van der Waals surface area contributed by atoms with E-state index in [1.54, 1.807) is 17.1 Å². The van der Waals surface area contributed by atoms with Crippen molar-refractivity contribution in [2.75, 3.05) is 18.4 Å². The van der Waals surface area contributed by atoms with Crippen LogP contribution in [0.4, 0.5) is 11.6 Å². The van der Waals surface area contributed by atoms with Crippen molar-refractivity contribution in [2.45, 2.75) is 20.4 Å². The molecule has 0 bridgehead atoms. The third kappa shape index (κ3) is 3.16. The van der Waals surface area contributed by atoms with Crippen LogP contribution in [0, 0.1) is 5.92 Å². The molecule has 122 valence electrons. The van der Waals surface area contributed by atoms with Crippen LogP contribution in [-0.2, 0) is 13.6 Å². The zero-order valence-corrected chi connectivity index (χ0v) is 12.4. The maximum atomic E-state index is 4.60. The number of fused-ring (bicyclic) bond motifs is 1. The van der Waals surface area contributed by atoms with Crippen LogP contribution in [0.25, 0.3) is 11.0 Å². The molecule has 3 aromatic heterocycles. The molecule has 1 aliphatic rings. The summed E-state index contributed by atoms with van der Waals surface area (Å²) in [5.41, 5.74) is 1.74. The van der Waals surface area contributed by atoms with Crippen LogP contribution in [0.3, 0.4) is 0 Å². The van der Waals surface area contributed by atoms with Gasteiger partial charge in [0.1, 0.15) is 0 Å². The lowest BCUT2D eigenvalue weighted by Gasteiger charge is -2.09. The normalized spacial score (nSPS) is 17.3. The van der Waals surface area contributed by atoms with E-state index in [0.717, 1.165) is 36.4 Å². The molecule has 0 radical (unpaired) electrons. The fraction of sp³-hybridized carbons (Fsp3) is 0.467. The van der Waals surface area contributed by atoms with Crippen LogP contribution in [-0.4, -0.2) is 42.6 Å². The second-order valence-corrected chi connectivity index (χ2v) is 5.69. The number of anilines is 2. The first-order valence-electron chi connectivity index (χ1n) is 7.43. The molecule has 23 heavy (non-hydrogen) atoms. The van der Waals surface area contributed by atoms with E-state index in [2.05, 4.69) is 30.8 Å². The Labute approximate surface area is 134 Å². The SMILES string of the molecule is C.Cn1cc(Nc2ncc3cnn(CC4CCNC4)c3n2)cn1. The maximum absolute atomic E-state index is 4.60. The Morgan fingerprint density at radius 1 is 1.30 bits per heavy atom. The lowest BCUT2D eigenvalue weighted by atomic mass is 10.1. The zero-order chi connectivity index (χ0) is 14.9. The minimum absolute atomic E-state index is 0. The van der Waals surface area contributed by atoms with Crippen molar-refractivity contribution < 1.29 is 0 Å². The van der Waals surface area contributed by atoms with Crippen LogP contribution in [0.15, 0.2) is 24.8 Å². The fourth-order valence-electron chi connectivity index (χ4n) is 2.79. The lowest BCUT2D eigenvalue weighted by molar-refractivity contribution is 0.457. The Morgan fingerprint density at radius 2 is 2.22 bits per heavy atom. The highest BCUT2D eigenvalue weighted by molar-refractivity contribution is 5.75. The van der Waals surface area contributed by atoms with Gasteiger partial charge in [-0.15, -0.1) is 0 Å². The number of aryl methyl sites for hydroxylation is 1. The molecule has 8 nitrogen and oxygen atoms in total. The fourth-order valence-corrected chi connectivity index (χ4v) is 2.79. The quantitative estimate of drug-likeness (QED) is 0.760. The molecule has 1 unspecified atom stereocenters. The Balaban J connectivity index is 0.00000156. The Morgan fingerprint density at radius 3 is 2.96 bits per heavy atom. The number of nitrogens with one attached hydrogen (secondary N) is 2. The molecule has 3 aromatic rings. The molecule has 1 aliphatic heterocycles. The van der Waals surface area contributed by atoms with Gasteiger partial charge < -0.3 is 10.6 Å². The van der Waals surface area contributed by atoms with E-state index in [0.29, 0.717) is 11.9 Å². The number of rotatable bonds is 4. The Kier molecular flexibility index (Phi) is 4.24. The van der Waals surface area contributed by atoms with Gasteiger partial charge in [-0.05, 0) is 25.4 Å². The Hall–Kier alpha value is -2.48. The predicted octanol–water partition coefficient (Wildman–Crippen LogP) is 1.55. The zero-order valence-electron chi connectivity index (χ0n) is 12.4. The topological polar surface area (TPSA) is 85.5 Å². The van der Waals surface area contributed by atoms with E-state index in [9.17, 15) is 0 Å². The predicted molar refractivity (Wildman–Crippen MR) is 89.5 cm³/mol. The molecule has 0 aliphatic carbocycles. The highest BCUT2D eigenvalue weighted by Gasteiger charge is 2.17. The van der Waals surface area contributed by atoms with Crippen LogP contribution >= 0.6 is 0 Å². The van der Waals surface area contributed by atoms with Gasteiger partial charge in [0.2, 0.25) is 5.95 Å². The van der Waals surface area contributed by atoms with Gasteiger partial charge in [0, 0.05) is 26.0 Å². The first-order chi connectivity index (χ1) is 10.8. The molecule has 0 spiro atoms. The molecule has 2 N–H and O–H groups in total. The molecule has 8 heteroatoms. The van der Waals surface area contributed by atoms with Crippen molar-refractivity contribution in [3.8, 4) is 0 Å². The number of hydrogen-bond acceptors (Lipinski definition) is 6. The van der Waals surface area contributed by atoms with Crippen molar-refractivity contribution >= 4 is 22.7 Å². The number of nitrogens with zero attached hydrogens (tertiary/aromatic N) is 6. The second-order valence-electron chi connectivity index (χ2n) is 5.69. The summed E-state index contributed by atoms with van der Waals surface area (Å²) in [6.07, 6.45) is 8.44. The summed E-state index contributed by atoms with van der Waals surface area (Å²) in [4.78, 5) is 8.93. The minimum Gasteiger partial charge on any atom is -0.321 e. The average Bonchev–Trinajstić information content (AvgIpc) is 3.23. The molecule has 4 heterocycles. The van der Waals surface area contributed by atoms with Crippen LogP contribution < -0.4 is 10.6 Å². The summed E-state index contributed by atoms with van der Waals surface area (Å²) in [6.45, 7) is 3.03. The van der Waals surface area contributed by atoms with Gasteiger partial charge in [-0.2, -0.15) is 15.2 Å². The van der Waals surface area contributed by atoms with E-state index in [4.69, 9.17) is 0 Å². The minimum atomic E-state index is 0. The van der Waals surface area contributed by atoms with E-state index in [1.807, 2.05) is 24.1 Å². The molecule has 1 atom stereocenters. The van der Waals surface area contributed by atoms with Crippen molar-refractivity contribution in [1.29, 1.82) is 0 Å². The van der Waals surface area contributed by atoms with Crippen LogP contribution in [0.2, 0.25) is 0 Å². The molecule has 1 fully saturated rings. The van der Waals surface area contributed by atoms with Gasteiger partial charge in [0.15, 0.2) is 5.65 Å². The highest BCUT2D eigenvalue weighted by atomic mass is 15.3. The van der Waals surface area contributed by atoms with Crippen molar-refractivity contribution in [3.05, 3.63) is 24.8 Å². The smallest absolute Gasteiger partial charge is 0.229 e. The summed E-state index contributed by atoms with van der Waals surface area (Å²) >= 11 is 0. The van der Waals surface area contributed by atoms with Crippen molar-refractivity contribution in [3.63, 3.8) is 0 Å².